The number of fused-ring (bicyclic) bond motifs is 1. The van der Waals surface area contributed by atoms with E-state index in [0.29, 0.717) is 23.1 Å². The molecule has 4 rings (SSSR count). The Hall–Kier alpha value is -3.17. The maximum absolute atomic E-state index is 9.99. The topological polar surface area (TPSA) is 103 Å². The molecule has 0 spiro atoms. The van der Waals surface area contributed by atoms with Gasteiger partial charge in [-0.2, -0.15) is 0 Å². The number of pyridine rings is 2. The summed E-state index contributed by atoms with van der Waals surface area (Å²) in [6, 6.07) is 15.0. The van der Waals surface area contributed by atoms with Crippen LogP contribution in [-0.2, 0) is 0 Å². The Bertz CT molecular complexity index is 1270. The number of anilines is 2. The molecule has 0 aliphatic rings. The van der Waals surface area contributed by atoms with Crippen molar-refractivity contribution in [3.05, 3.63) is 59.2 Å². The van der Waals surface area contributed by atoms with E-state index >= 15 is 0 Å². The first kappa shape index (κ1) is 21.1. The number of aromatic nitrogens is 2. The van der Waals surface area contributed by atoms with E-state index < -0.39 is 0 Å². The lowest BCUT2D eigenvalue weighted by Gasteiger charge is -2.12. The number of ether oxygens (including phenoxy) is 2. The minimum Gasteiger partial charge on any atom is -0.504 e. The smallest absolute Gasteiger partial charge is 0.237 e. The van der Waals surface area contributed by atoms with Gasteiger partial charge in [0.1, 0.15) is 11.5 Å². The summed E-state index contributed by atoms with van der Waals surface area (Å²) in [5.74, 6) is 1.42. The predicted octanol–water partition coefficient (Wildman–Crippen LogP) is 5.48. The summed E-state index contributed by atoms with van der Waals surface area (Å²) in [6.07, 6.45) is 1.76. The van der Waals surface area contributed by atoms with E-state index in [0.717, 1.165) is 31.4 Å². The van der Waals surface area contributed by atoms with Gasteiger partial charge in [0.25, 0.3) is 0 Å². The number of halogens is 1. The van der Waals surface area contributed by atoms with Gasteiger partial charge in [0.2, 0.25) is 5.88 Å². The number of nitrogens with zero attached hydrogens (tertiary/aromatic N) is 2. The van der Waals surface area contributed by atoms with E-state index in [1.807, 2.05) is 36.4 Å². The molecule has 4 aromatic rings. The number of rotatable bonds is 6. The van der Waals surface area contributed by atoms with Crippen LogP contribution in [0.25, 0.3) is 22.0 Å². The molecule has 9 heteroatoms. The second-order valence-electron chi connectivity index (χ2n) is 6.58. The molecule has 0 radical (unpaired) electrons. The monoisotopic (exact) mass is 498 g/mol. The van der Waals surface area contributed by atoms with Gasteiger partial charge in [-0.3, -0.25) is 0 Å². The second kappa shape index (κ2) is 8.91. The summed E-state index contributed by atoms with van der Waals surface area (Å²) >= 11 is 4.76. The molecule has 2 aromatic carbocycles. The number of hydrogen-bond donors (Lipinski definition) is 3. The Balaban J connectivity index is 1.63. The van der Waals surface area contributed by atoms with Gasteiger partial charge in [-0.05, 0) is 75.9 Å². The Morgan fingerprint density at radius 1 is 1.03 bits per heavy atom. The molecule has 0 saturated carbocycles. The number of aromatic hydroxyl groups is 1. The van der Waals surface area contributed by atoms with Gasteiger partial charge in [0.05, 0.1) is 24.2 Å². The highest BCUT2D eigenvalue weighted by atomic mass is 79.9. The number of methoxy groups -OCH3 is 2. The zero-order valence-corrected chi connectivity index (χ0v) is 19.1. The molecule has 0 amide bonds. The fraction of sp³-hybridized carbons (Fsp3) is 0.0909. The number of nitrogen functional groups attached to an aromatic ring is 1. The van der Waals surface area contributed by atoms with Gasteiger partial charge in [-0.15, -0.1) is 0 Å². The van der Waals surface area contributed by atoms with Crippen LogP contribution in [0.5, 0.6) is 17.4 Å². The molecular formula is C22H19BrN4O3S. The highest BCUT2D eigenvalue weighted by Gasteiger charge is 2.11. The van der Waals surface area contributed by atoms with Gasteiger partial charge in [0.15, 0.2) is 11.5 Å². The molecule has 0 fully saturated rings. The van der Waals surface area contributed by atoms with Crippen molar-refractivity contribution >= 4 is 50.3 Å². The van der Waals surface area contributed by atoms with Crippen molar-refractivity contribution in [2.75, 3.05) is 24.7 Å². The molecule has 158 valence electrons. The third kappa shape index (κ3) is 4.47. The molecule has 31 heavy (non-hydrogen) atoms. The normalized spacial score (nSPS) is 10.8. The number of nitrogens with one attached hydrogen (secondary N) is 1. The average Bonchev–Trinajstić information content (AvgIpc) is 2.78. The Morgan fingerprint density at radius 3 is 2.61 bits per heavy atom. The van der Waals surface area contributed by atoms with Crippen LogP contribution in [0.1, 0.15) is 0 Å². The van der Waals surface area contributed by atoms with Crippen molar-refractivity contribution in [2.24, 2.45) is 0 Å². The van der Waals surface area contributed by atoms with E-state index in [2.05, 4.69) is 30.6 Å². The number of phenols is 1. The van der Waals surface area contributed by atoms with Crippen molar-refractivity contribution in [1.29, 1.82) is 0 Å². The van der Waals surface area contributed by atoms with Crippen molar-refractivity contribution in [3.63, 3.8) is 0 Å². The maximum Gasteiger partial charge on any atom is 0.237 e. The predicted molar refractivity (Wildman–Crippen MR) is 128 cm³/mol. The number of hydrogen-bond acceptors (Lipinski definition) is 8. The summed E-state index contributed by atoms with van der Waals surface area (Å²) in [5, 5.41) is 11.0. The van der Waals surface area contributed by atoms with Crippen LogP contribution < -0.4 is 19.9 Å². The Kier molecular flexibility index (Phi) is 6.06. The van der Waals surface area contributed by atoms with E-state index in [1.165, 1.54) is 19.1 Å². The molecule has 0 atom stereocenters. The van der Waals surface area contributed by atoms with Crippen molar-refractivity contribution in [3.8, 4) is 28.5 Å². The quantitative estimate of drug-likeness (QED) is 0.300. The third-order valence-electron chi connectivity index (χ3n) is 4.60. The summed E-state index contributed by atoms with van der Waals surface area (Å²) in [6.45, 7) is 0. The highest BCUT2D eigenvalue weighted by Crippen LogP contribution is 2.35. The molecule has 0 bridgehead atoms. The minimum atomic E-state index is 0.0738. The van der Waals surface area contributed by atoms with Crippen LogP contribution in [0.4, 0.5) is 11.5 Å². The standard InChI is InChI=1S/C22H19BrN4O3S/c1-29-20-6-4-15(10-19(20)28)31-27-18-9-14(11-25-22(18)30-2)12-3-5-17-13(7-12)8-16(23)21(24)26-17/h3-11,27-28H,1-2H3,(H2,24,26). The average molecular weight is 499 g/mol. The van der Waals surface area contributed by atoms with Crippen molar-refractivity contribution < 1.29 is 14.6 Å². The minimum absolute atomic E-state index is 0.0738. The fourth-order valence-corrected chi connectivity index (χ4v) is 4.05. The first-order chi connectivity index (χ1) is 15.0. The van der Waals surface area contributed by atoms with Gasteiger partial charge in [-0.25, -0.2) is 9.97 Å². The van der Waals surface area contributed by atoms with Crippen LogP contribution in [0.3, 0.4) is 0 Å². The summed E-state index contributed by atoms with van der Waals surface area (Å²) in [5.41, 5.74) is 9.30. The van der Waals surface area contributed by atoms with Crippen LogP contribution >= 0.6 is 27.9 Å². The third-order valence-corrected chi connectivity index (χ3v) is 6.05. The molecule has 0 unspecified atom stereocenters. The fourth-order valence-electron chi connectivity index (χ4n) is 3.04. The lowest BCUT2D eigenvalue weighted by Crippen LogP contribution is -1.96. The van der Waals surface area contributed by atoms with E-state index in [4.69, 9.17) is 15.2 Å². The van der Waals surface area contributed by atoms with E-state index in [1.54, 1.807) is 25.4 Å². The largest absolute Gasteiger partial charge is 0.504 e. The second-order valence-corrected chi connectivity index (χ2v) is 8.32. The summed E-state index contributed by atoms with van der Waals surface area (Å²) in [4.78, 5) is 9.63. The zero-order valence-electron chi connectivity index (χ0n) is 16.7. The molecule has 7 nitrogen and oxygen atoms in total. The highest BCUT2D eigenvalue weighted by molar-refractivity contribution is 9.10. The van der Waals surface area contributed by atoms with Crippen LogP contribution in [0.2, 0.25) is 0 Å². The zero-order chi connectivity index (χ0) is 22.0. The molecule has 0 saturated heterocycles. The van der Waals surface area contributed by atoms with E-state index in [9.17, 15) is 5.11 Å². The maximum atomic E-state index is 9.99. The van der Waals surface area contributed by atoms with Crippen LogP contribution in [-0.4, -0.2) is 29.3 Å². The summed E-state index contributed by atoms with van der Waals surface area (Å²) in [7, 11) is 3.08. The molecular weight excluding hydrogens is 480 g/mol. The Morgan fingerprint density at radius 2 is 1.87 bits per heavy atom. The SMILES string of the molecule is COc1ccc(SNc2cc(-c3ccc4nc(N)c(Br)cc4c3)cnc2OC)cc1O. The number of benzene rings is 2. The van der Waals surface area contributed by atoms with E-state index in [-0.39, 0.29) is 5.75 Å². The molecule has 2 aromatic heterocycles. The first-order valence-electron chi connectivity index (χ1n) is 9.18. The lowest BCUT2D eigenvalue weighted by molar-refractivity contribution is 0.372. The van der Waals surface area contributed by atoms with Crippen LogP contribution in [0.15, 0.2) is 64.1 Å². The lowest BCUT2D eigenvalue weighted by atomic mass is 10.0. The van der Waals surface area contributed by atoms with Gasteiger partial charge in [0, 0.05) is 22.0 Å². The molecule has 0 aliphatic carbocycles. The van der Waals surface area contributed by atoms with Gasteiger partial charge >= 0.3 is 0 Å². The van der Waals surface area contributed by atoms with Crippen molar-refractivity contribution in [2.45, 2.75) is 4.90 Å². The number of phenolic OH excluding ortho intramolecular Hbond substituents is 1. The van der Waals surface area contributed by atoms with Crippen molar-refractivity contribution in [1.82, 2.24) is 9.97 Å². The van der Waals surface area contributed by atoms with Crippen LogP contribution in [0, 0.1) is 0 Å². The number of nitrogens with two attached hydrogens (primary N) is 1. The summed E-state index contributed by atoms with van der Waals surface area (Å²) < 4.78 is 14.5. The molecule has 0 aliphatic heterocycles. The Labute approximate surface area is 191 Å². The molecule has 2 heterocycles. The van der Waals surface area contributed by atoms with Gasteiger partial charge in [-0.1, -0.05) is 6.07 Å². The van der Waals surface area contributed by atoms with Gasteiger partial charge < -0.3 is 25.0 Å². The molecule has 4 N–H and O–H groups in total. The first-order valence-corrected chi connectivity index (χ1v) is 10.8.